The number of aryl methyl sites for hydroxylation is 1. The van der Waals surface area contributed by atoms with Gasteiger partial charge in [0.2, 0.25) is 5.91 Å². The highest BCUT2D eigenvalue weighted by Gasteiger charge is 2.38. The van der Waals surface area contributed by atoms with Gasteiger partial charge in [-0.25, -0.2) is 4.79 Å². The van der Waals surface area contributed by atoms with E-state index < -0.39 is 35.6 Å². The number of nitrogens with two attached hydrogens (primary N) is 1. The fraction of sp³-hybridized carbons (Fsp3) is 0.143. The van der Waals surface area contributed by atoms with Crippen LogP contribution in [0.25, 0.3) is 22.4 Å². The summed E-state index contributed by atoms with van der Waals surface area (Å²) in [7, 11) is 0. The number of halogens is 3. The second-order valence-electron chi connectivity index (χ2n) is 10.8. The number of amides is 2. The maximum atomic E-state index is 13.9. The fourth-order valence-electron chi connectivity index (χ4n) is 5.67. The van der Waals surface area contributed by atoms with Crippen molar-refractivity contribution in [2.45, 2.75) is 25.6 Å². The summed E-state index contributed by atoms with van der Waals surface area (Å²) in [5.74, 6) is -1.42. The van der Waals surface area contributed by atoms with E-state index in [0.717, 1.165) is 12.1 Å². The van der Waals surface area contributed by atoms with Crippen molar-refractivity contribution in [1.29, 1.82) is 0 Å². The first-order valence-electron chi connectivity index (χ1n) is 14.3. The average molecular weight is 626 g/mol. The highest BCUT2D eigenvalue weighted by atomic mass is 19.4. The van der Waals surface area contributed by atoms with Crippen molar-refractivity contribution in [1.82, 2.24) is 10.1 Å². The molecule has 0 bridgehead atoms. The van der Waals surface area contributed by atoms with E-state index >= 15 is 0 Å². The number of benzene rings is 4. The molecule has 8 nitrogen and oxygen atoms in total. The summed E-state index contributed by atoms with van der Waals surface area (Å²) in [6.45, 7) is 1.77. The number of primary amides is 1. The summed E-state index contributed by atoms with van der Waals surface area (Å²) in [4.78, 5) is 41.3. The van der Waals surface area contributed by atoms with Crippen molar-refractivity contribution in [3.8, 4) is 28.1 Å². The van der Waals surface area contributed by atoms with E-state index in [2.05, 4.69) is 5.16 Å². The Bertz CT molecular complexity index is 1950. The number of ether oxygens (including phenoxy) is 1. The molecular formula is C35H26F3N3O5. The summed E-state index contributed by atoms with van der Waals surface area (Å²) in [6.07, 6.45) is -4.15. The van der Waals surface area contributed by atoms with Gasteiger partial charge in [-0.3, -0.25) is 9.59 Å². The standard InChI is InChI=1S/C35H26F3N3O5/c1-20-29(30(40-46-20)22-7-3-2-4-8-22)33(43)41-18-17-23-19-25(15-16-27(23)31(41)32(39)42)45-34(44)28-10-6-5-9-26(28)21-11-13-24(14-12-21)35(36,37)38/h2-16,19,31H,17-18H2,1H3,(H2,39,42). The molecule has 1 atom stereocenters. The third-order valence-electron chi connectivity index (χ3n) is 7.88. The van der Waals surface area contributed by atoms with Crippen LogP contribution in [0.1, 0.15) is 49.2 Å². The van der Waals surface area contributed by atoms with Gasteiger partial charge in [0.25, 0.3) is 5.91 Å². The Kier molecular flexibility index (Phi) is 7.91. The van der Waals surface area contributed by atoms with Gasteiger partial charge in [0.05, 0.1) is 11.1 Å². The molecule has 0 fully saturated rings. The Balaban J connectivity index is 1.26. The zero-order valence-electron chi connectivity index (χ0n) is 24.4. The zero-order chi connectivity index (χ0) is 32.6. The fourth-order valence-corrected chi connectivity index (χ4v) is 5.67. The molecule has 0 spiro atoms. The quantitative estimate of drug-likeness (QED) is 0.164. The Morgan fingerprint density at radius 1 is 0.913 bits per heavy atom. The van der Waals surface area contributed by atoms with Crippen molar-refractivity contribution >= 4 is 17.8 Å². The lowest BCUT2D eigenvalue weighted by Gasteiger charge is -2.35. The highest BCUT2D eigenvalue weighted by Crippen LogP contribution is 2.36. The molecule has 1 unspecified atom stereocenters. The molecule has 2 heterocycles. The van der Waals surface area contributed by atoms with Crippen LogP contribution in [0.3, 0.4) is 0 Å². The molecule has 6 rings (SSSR count). The maximum Gasteiger partial charge on any atom is 0.416 e. The van der Waals surface area contributed by atoms with Gasteiger partial charge >= 0.3 is 12.1 Å². The normalized spacial score (nSPS) is 14.4. The van der Waals surface area contributed by atoms with Crippen LogP contribution in [-0.4, -0.2) is 34.4 Å². The van der Waals surface area contributed by atoms with Crippen LogP contribution in [0.4, 0.5) is 13.2 Å². The molecule has 0 radical (unpaired) electrons. The topological polar surface area (TPSA) is 116 Å². The van der Waals surface area contributed by atoms with Crippen molar-refractivity contribution in [2.75, 3.05) is 6.54 Å². The van der Waals surface area contributed by atoms with E-state index in [9.17, 15) is 27.6 Å². The molecule has 1 aliphatic rings. The molecular weight excluding hydrogens is 599 g/mol. The molecule has 0 saturated heterocycles. The molecule has 0 saturated carbocycles. The number of alkyl halides is 3. The van der Waals surface area contributed by atoms with E-state index in [1.54, 1.807) is 49.4 Å². The second-order valence-corrected chi connectivity index (χ2v) is 10.8. The van der Waals surface area contributed by atoms with Gasteiger partial charge in [0.1, 0.15) is 28.8 Å². The summed E-state index contributed by atoms with van der Waals surface area (Å²) in [6, 6.07) is 23.6. The van der Waals surface area contributed by atoms with Crippen LogP contribution in [0.5, 0.6) is 5.75 Å². The van der Waals surface area contributed by atoms with Crippen molar-refractivity contribution in [2.24, 2.45) is 5.73 Å². The number of hydrogen-bond donors (Lipinski definition) is 1. The minimum absolute atomic E-state index is 0.145. The van der Waals surface area contributed by atoms with Crippen molar-refractivity contribution in [3.05, 3.63) is 131 Å². The largest absolute Gasteiger partial charge is 0.423 e. The first kappa shape index (κ1) is 30.3. The number of fused-ring (bicyclic) bond motifs is 1. The van der Waals surface area contributed by atoms with Crippen molar-refractivity contribution in [3.63, 3.8) is 0 Å². The lowest BCUT2D eigenvalue weighted by molar-refractivity contribution is -0.137. The summed E-state index contributed by atoms with van der Waals surface area (Å²) in [5.41, 5.74) is 8.44. The van der Waals surface area contributed by atoms with Gasteiger partial charge in [-0.15, -0.1) is 0 Å². The lowest BCUT2D eigenvalue weighted by atomic mass is 9.91. The predicted molar refractivity (Wildman–Crippen MR) is 162 cm³/mol. The number of hydrogen-bond acceptors (Lipinski definition) is 6. The second kappa shape index (κ2) is 12.0. The Morgan fingerprint density at radius 3 is 2.30 bits per heavy atom. The van der Waals surface area contributed by atoms with Gasteiger partial charge < -0.3 is 19.9 Å². The number of esters is 1. The van der Waals surface area contributed by atoms with E-state index in [1.165, 1.54) is 29.2 Å². The Morgan fingerprint density at radius 2 is 1.61 bits per heavy atom. The summed E-state index contributed by atoms with van der Waals surface area (Å²) < 4.78 is 50.2. The van der Waals surface area contributed by atoms with Crippen LogP contribution < -0.4 is 10.5 Å². The van der Waals surface area contributed by atoms with Gasteiger partial charge in [-0.1, -0.05) is 71.9 Å². The monoisotopic (exact) mass is 625 g/mol. The van der Waals surface area contributed by atoms with E-state index in [0.29, 0.717) is 45.7 Å². The first-order chi connectivity index (χ1) is 22.0. The molecule has 232 valence electrons. The van der Waals surface area contributed by atoms with Crippen LogP contribution in [0, 0.1) is 6.92 Å². The van der Waals surface area contributed by atoms with E-state index in [-0.39, 0.29) is 23.4 Å². The summed E-state index contributed by atoms with van der Waals surface area (Å²) >= 11 is 0. The van der Waals surface area contributed by atoms with Gasteiger partial charge in [-0.2, -0.15) is 13.2 Å². The predicted octanol–water partition coefficient (Wildman–Crippen LogP) is 6.78. The molecule has 1 aliphatic heterocycles. The molecule has 11 heteroatoms. The van der Waals surface area contributed by atoms with Gasteiger partial charge in [0, 0.05) is 12.1 Å². The van der Waals surface area contributed by atoms with Crippen LogP contribution in [-0.2, 0) is 17.4 Å². The number of rotatable bonds is 6. The average Bonchev–Trinajstić information content (AvgIpc) is 3.44. The highest BCUT2D eigenvalue weighted by molar-refractivity contribution is 6.03. The summed E-state index contributed by atoms with van der Waals surface area (Å²) in [5, 5.41) is 4.09. The minimum atomic E-state index is -4.48. The molecule has 5 aromatic rings. The SMILES string of the molecule is Cc1onc(-c2ccccc2)c1C(=O)N1CCc2cc(OC(=O)c3ccccc3-c3ccc(C(F)(F)F)cc3)ccc2C1C(N)=O. The third-order valence-corrected chi connectivity index (χ3v) is 7.88. The Labute approximate surface area is 261 Å². The van der Waals surface area contributed by atoms with E-state index in [4.69, 9.17) is 15.0 Å². The smallest absolute Gasteiger partial charge is 0.416 e. The minimum Gasteiger partial charge on any atom is -0.423 e. The maximum absolute atomic E-state index is 13.9. The third kappa shape index (κ3) is 5.74. The zero-order valence-corrected chi connectivity index (χ0v) is 24.4. The number of carbonyl (C=O) groups excluding carboxylic acids is 3. The lowest BCUT2D eigenvalue weighted by Crippen LogP contribution is -2.46. The van der Waals surface area contributed by atoms with Crippen LogP contribution >= 0.6 is 0 Å². The van der Waals surface area contributed by atoms with Gasteiger partial charge in [0.15, 0.2) is 0 Å². The molecule has 2 amide bonds. The molecule has 1 aromatic heterocycles. The first-order valence-corrected chi connectivity index (χ1v) is 14.3. The number of carbonyl (C=O) groups is 3. The molecule has 2 N–H and O–H groups in total. The van der Waals surface area contributed by atoms with Gasteiger partial charge in [-0.05, 0) is 65.9 Å². The Hall–Kier alpha value is -5.71. The molecule has 46 heavy (non-hydrogen) atoms. The van der Waals surface area contributed by atoms with Crippen molar-refractivity contribution < 1.29 is 36.8 Å². The van der Waals surface area contributed by atoms with Crippen LogP contribution in [0.2, 0.25) is 0 Å². The molecule has 4 aromatic carbocycles. The van der Waals surface area contributed by atoms with Crippen LogP contribution in [0.15, 0.2) is 102 Å². The van der Waals surface area contributed by atoms with E-state index in [1.807, 2.05) is 18.2 Å². The number of nitrogens with zero attached hydrogens (tertiary/aromatic N) is 2. The number of aromatic nitrogens is 1. The molecule has 0 aliphatic carbocycles.